The number of rotatable bonds is 4. The SMILES string of the molecule is CC(NCc1cc(Br)cc2c1OCC2)C1CCC1. The van der Waals surface area contributed by atoms with E-state index in [1.54, 1.807) is 0 Å². The lowest BCUT2D eigenvalue weighted by atomic mass is 9.80. The highest BCUT2D eigenvalue weighted by Gasteiger charge is 2.24. The van der Waals surface area contributed by atoms with E-state index in [2.05, 4.69) is 40.3 Å². The summed E-state index contributed by atoms with van der Waals surface area (Å²) in [5.41, 5.74) is 2.64. The minimum atomic E-state index is 0.620. The Kier molecular flexibility index (Phi) is 3.62. The summed E-state index contributed by atoms with van der Waals surface area (Å²) >= 11 is 3.59. The Morgan fingerprint density at radius 2 is 2.28 bits per heavy atom. The first-order valence-electron chi connectivity index (χ1n) is 6.91. The molecule has 1 saturated carbocycles. The summed E-state index contributed by atoms with van der Waals surface area (Å²) in [5, 5.41) is 3.66. The normalized spacial score (nSPS) is 20.1. The van der Waals surface area contributed by atoms with E-state index in [0.29, 0.717) is 6.04 Å². The summed E-state index contributed by atoms with van der Waals surface area (Å²) in [6.07, 6.45) is 5.23. The molecule has 1 atom stereocenters. The molecule has 2 nitrogen and oxygen atoms in total. The van der Waals surface area contributed by atoms with Crippen molar-refractivity contribution in [1.82, 2.24) is 5.32 Å². The molecule has 0 amide bonds. The molecule has 3 heteroatoms. The third-order valence-corrected chi connectivity index (χ3v) is 4.75. The van der Waals surface area contributed by atoms with Crippen molar-refractivity contribution < 1.29 is 4.74 Å². The molecule has 1 heterocycles. The molecule has 0 saturated heterocycles. The number of ether oxygens (including phenoxy) is 1. The summed E-state index contributed by atoms with van der Waals surface area (Å²) in [4.78, 5) is 0. The van der Waals surface area contributed by atoms with E-state index in [0.717, 1.165) is 31.2 Å². The maximum atomic E-state index is 5.76. The second kappa shape index (κ2) is 5.22. The van der Waals surface area contributed by atoms with Gasteiger partial charge >= 0.3 is 0 Å². The maximum Gasteiger partial charge on any atom is 0.127 e. The first-order chi connectivity index (χ1) is 8.74. The minimum absolute atomic E-state index is 0.620. The third-order valence-electron chi connectivity index (χ3n) is 4.30. The van der Waals surface area contributed by atoms with Gasteiger partial charge in [0.05, 0.1) is 6.61 Å². The molecule has 98 valence electrons. The van der Waals surface area contributed by atoms with Crippen LogP contribution in [-0.2, 0) is 13.0 Å². The third kappa shape index (κ3) is 2.43. The summed E-state index contributed by atoms with van der Waals surface area (Å²) < 4.78 is 6.92. The predicted octanol–water partition coefficient (Wildman–Crippen LogP) is 3.66. The fourth-order valence-corrected chi connectivity index (χ4v) is 3.41. The lowest BCUT2D eigenvalue weighted by Gasteiger charge is -2.32. The van der Waals surface area contributed by atoms with E-state index in [1.165, 1.54) is 34.9 Å². The van der Waals surface area contributed by atoms with Crippen molar-refractivity contribution in [3.63, 3.8) is 0 Å². The highest BCUT2D eigenvalue weighted by atomic mass is 79.9. The van der Waals surface area contributed by atoms with Gasteiger partial charge < -0.3 is 10.1 Å². The molecule has 0 bridgehead atoms. The average Bonchev–Trinajstić information content (AvgIpc) is 2.71. The van der Waals surface area contributed by atoms with Gasteiger partial charge in [-0.1, -0.05) is 22.4 Å². The number of hydrogen-bond acceptors (Lipinski definition) is 2. The van der Waals surface area contributed by atoms with Crippen LogP contribution in [0.4, 0.5) is 0 Å². The molecular weight excluding hydrogens is 290 g/mol. The van der Waals surface area contributed by atoms with E-state index >= 15 is 0 Å². The first-order valence-corrected chi connectivity index (χ1v) is 7.71. The van der Waals surface area contributed by atoms with Gasteiger partial charge in [-0.2, -0.15) is 0 Å². The molecule has 3 rings (SSSR count). The fourth-order valence-electron chi connectivity index (χ4n) is 2.85. The van der Waals surface area contributed by atoms with Crippen molar-refractivity contribution in [1.29, 1.82) is 0 Å². The van der Waals surface area contributed by atoms with Crippen LogP contribution < -0.4 is 10.1 Å². The van der Waals surface area contributed by atoms with E-state index in [-0.39, 0.29) is 0 Å². The molecule has 18 heavy (non-hydrogen) atoms. The van der Waals surface area contributed by atoms with Crippen molar-refractivity contribution in [3.05, 3.63) is 27.7 Å². The molecule has 1 aliphatic carbocycles. The van der Waals surface area contributed by atoms with Gasteiger partial charge in [0.1, 0.15) is 5.75 Å². The minimum Gasteiger partial charge on any atom is -0.493 e. The zero-order valence-electron chi connectivity index (χ0n) is 10.8. The monoisotopic (exact) mass is 309 g/mol. The molecule has 0 aromatic heterocycles. The predicted molar refractivity (Wildman–Crippen MR) is 77.0 cm³/mol. The number of halogens is 1. The largest absolute Gasteiger partial charge is 0.493 e. The second-order valence-electron chi connectivity index (χ2n) is 5.51. The lowest BCUT2D eigenvalue weighted by Crippen LogP contribution is -2.36. The molecular formula is C15H20BrNO. The Morgan fingerprint density at radius 1 is 1.44 bits per heavy atom. The number of fused-ring (bicyclic) bond motifs is 1. The van der Waals surface area contributed by atoms with E-state index < -0.39 is 0 Å². The van der Waals surface area contributed by atoms with Crippen LogP contribution in [0.5, 0.6) is 5.75 Å². The van der Waals surface area contributed by atoms with E-state index in [4.69, 9.17) is 4.74 Å². The quantitative estimate of drug-likeness (QED) is 0.916. The van der Waals surface area contributed by atoms with Crippen LogP contribution in [0.2, 0.25) is 0 Å². The van der Waals surface area contributed by atoms with Gasteiger partial charge in [-0.05, 0) is 43.4 Å². The van der Waals surface area contributed by atoms with Crippen LogP contribution in [0.15, 0.2) is 16.6 Å². The van der Waals surface area contributed by atoms with Gasteiger partial charge in [0.2, 0.25) is 0 Å². The highest BCUT2D eigenvalue weighted by Crippen LogP contribution is 2.34. The fraction of sp³-hybridized carbons (Fsp3) is 0.600. The number of benzene rings is 1. The molecule has 1 aromatic rings. The van der Waals surface area contributed by atoms with E-state index in [1.807, 2.05) is 0 Å². The summed E-state index contributed by atoms with van der Waals surface area (Å²) in [5.74, 6) is 2.00. The lowest BCUT2D eigenvalue weighted by molar-refractivity contribution is 0.239. The van der Waals surface area contributed by atoms with E-state index in [9.17, 15) is 0 Å². The van der Waals surface area contributed by atoms with Crippen molar-refractivity contribution >= 4 is 15.9 Å². The first kappa shape index (κ1) is 12.5. The standard InChI is InChI=1S/C15H20BrNO/c1-10(11-3-2-4-11)17-9-13-8-14(16)7-12-5-6-18-15(12)13/h7-8,10-11,17H,2-6,9H2,1H3. The smallest absolute Gasteiger partial charge is 0.127 e. The van der Waals surface area contributed by atoms with Gasteiger partial charge in [-0.3, -0.25) is 0 Å². The average molecular weight is 310 g/mol. The number of hydrogen-bond donors (Lipinski definition) is 1. The van der Waals surface area contributed by atoms with Crippen LogP contribution in [-0.4, -0.2) is 12.6 Å². The highest BCUT2D eigenvalue weighted by molar-refractivity contribution is 9.10. The molecule has 1 aliphatic heterocycles. The van der Waals surface area contributed by atoms with Crippen LogP contribution >= 0.6 is 15.9 Å². The Hall–Kier alpha value is -0.540. The van der Waals surface area contributed by atoms with Crippen LogP contribution in [0.3, 0.4) is 0 Å². The van der Waals surface area contributed by atoms with Crippen molar-refractivity contribution in [2.45, 2.75) is 45.2 Å². The molecule has 1 fully saturated rings. The second-order valence-corrected chi connectivity index (χ2v) is 6.43. The molecule has 2 aliphatic rings. The summed E-state index contributed by atoms with van der Waals surface area (Å²) in [6, 6.07) is 4.99. The Bertz CT molecular complexity index is 442. The molecule has 0 radical (unpaired) electrons. The Labute approximate surface area is 117 Å². The van der Waals surface area contributed by atoms with Crippen LogP contribution in [0.1, 0.15) is 37.3 Å². The van der Waals surface area contributed by atoms with Crippen LogP contribution in [0.25, 0.3) is 0 Å². The molecule has 1 N–H and O–H groups in total. The van der Waals surface area contributed by atoms with Gasteiger partial charge in [0.15, 0.2) is 0 Å². The summed E-state index contributed by atoms with van der Waals surface area (Å²) in [6.45, 7) is 4.05. The topological polar surface area (TPSA) is 21.3 Å². The van der Waals surface area contributed by atoms with Crippen molar-refractivity contribution in [3.8, 4) is 5.75 Å². The summed E-state index contributed by atoms with van der Waals surface area (Å²) in [7, 11) is 0. The Balaban J connectivity index is 1.68. The maximum absolute atomic E-state index is 5.76. The van der Waals surface area contributed by atoms with Crippen molar-refractivity contribution in [2.24, 2.45) is 5.92 Å². The van der Waals surface area contributed by atoms with Crippen molar-refractivity contribution in [2.75, 3.05) is 6.61 Å². The number of nitrogens with one attached hydrogen (secondary N) is 1. The molecule has 0 spiro atoms. The molecule has 1 unspecified atom stereocenters. The van der Waals surface area contributed by atoms with Crippen LogP contribution in [0, 0.1) is 5.92 Å². The van der Waals surface area contributed by atoms with Gasteiger partial charge in [0, 0.05) is 29.0 Å². The van der Waals surface area contributed by atoms with Gasteiger partial charge in [-0.25, -0.2) is 0 Å². The zero-order chi connectivity index (χ0) is 12.5. The Morgan fingerprint density at radius 3 is 3.00 bits per heavy atom. The zero-order valence-corrected chi connectivity index (χ0v) is 12.4. The van der Waals surface area contributed by atoms with Gasteiger partial charge in [0.25, 0.3) is 0 Å². The molecule has 1 aromatic carbocycles. The van der Waals surface area contributed by atoms with Gasteiger partial charge in [-0.15, -0.1) is 0 Å².